The van der Waals surface area contributed by atoms with Crippen molar-refractivity contribution in [1.82, 2.24) is 5.32 Å². The predicted molar refractivity (Wildman–Crippen MR) is 118 cm³/mol. The van der Waals surface area contributed by atoms with Gasteiger partial charge in [-0.1, -0.05) is 35.9 Å². The molecule has 0 spiro atoms. The number of nitrogens with one attached hydrogen (secondary N) is 1. The van der Waals surface area contributed by atoms with Gasteiger partial charge in [0.25, 0.3) is 0 Å². The lowest BCUT2D eigenvalue weighted by atomic mass is 9.67. The minimum atomic E-state index is -0.0908. The Hall–Kier alpha value is -2.04. The van der Waals surface area contributed by atoms with Crippen LogP contribution in [-0.2, 0) is 16.7 Å². The molecule has 1 fully saturated rings. The molecule has 2 aromatic carbocycles. The van der Waals surface area contributed by atoms with E-state index in [1.165, 1.54) is 16.7 Å². The zero-order valence-electron chi connectivity index (χ0n) is 18.5. The van der Waals surface area contributed by atoms with Crippen LogP contribution in [0.4, 0.5) is 0 Å². The Morgan fingerprint density at radius 3 is 2.38 bits per heavy atom. The highest BCUT2D eigenvalue weighted by atomic mass is 16.5. The van der Waals surface area contributed by atoms with Crippen LogP contribution in [0.15, 0.2) is 42.5 Å². The highest BCUT2D eigenvalue weighted by Gasteiger charge is 2.41. The molecule has 0 bridgehead atoms. The van der Waals surface area contributed by atoms with Crippen LogP contribution in [-0.4, -0.2) is 33.0 Å². The lowest BCUT2D eigenvalue weighted by Gasteiger charge is -2.45. The fourth-order valence-electron chi connectivity index (χ4n) is 4.54. The summed E-state index contributed by atoms with van der Waals surface area (Å²) < 4.78 is 16.8. The zero-order valence-corrected chi connectivity index (χ0v) is 18.5. The summed E-state index contributed by atoms with van der Waals surface area (Å²) >= 11 is 0. The molecule has 4 heteroatoms. The molecule has 1 N–H and O–H groups in total. The first-order valence-corrected chi connectivity index (χ1v) is 10.5. The minimum absolute atomic E-state index is 0.0908. The molecule has 0 saturated carbocycles. The zero-order chi connectivity index (χ0) is 20.9. The summed E-state index contributed by atoms with van der Waals surface area (Å²) in [5.74, 6) is 1.54. The Labute approximate surface area is 175 Å². The first kappa shape index (κ1) is 21.7. The van der Waals surface area contributed by atoms with E-state index in [4.69, 9.17) is 14.2 Å². The maximum Gasteiger partial charge on any atom is 0.161 e. The van der Waals surface area contributed by atoms with E-state index in [1.54, 1.807) is 14.2 Å². The summed E-state index contributed by atoms with van der Waals surface area (Å²) in [4.78, 5) is 0. The molecular formula is C25H35NO3. The van der Waals surface area contributed by atoms with Crippen LogP contribution in [0.1, 0.15) is 49.8 Å². The second kappa shape index (κ2) is 9.19. The number of methoxy groups -OCH3 is 2. The van der Waals surface area contributed by atoms with Gasteiger partial charge < -0.3 is 19.5 Å². The molecule has 1 aliphatic heterocycles. The summed E-state index contributed by atoms with van der Waals surface area (Å²) in [6, 6.07) is 15.2. The van der Waals surface area contributed by atoms with Gasteiger partial charge in [-0.15, -0.1) is 0 Å². The molecule has 3 rings (SSSR count). The third kappa shape index (κ3) is 5.31. The van der Waals surface area contributed by atoms with Gasteiger partial charge in [0.05, 0.1) is 19.8 Å². The number of rotatable bonds is 8. The van der Waals surface area contributed by atoms with E-state index >= 15 is 0 Å². The topological polar surface area (TPSA) is 39.7 Å². The Bertz CT molecular complexity index is 800. The van der Waals surface area contributed by atoms with Crippen LogP contribution in [0.5, 0.6) is 11.5 Å². The molecule has 0 amide bonds. The molecular weight excluding hydrogens is 362 g/mol. The summed E-state index contributed by atoms with van der Waals surface area (Å²) in [6.07, 6.45) is 3.20. The van der Waals surface area contributed by atoms with Crippen LogP contribution >= 0.6 is 0 Å². The van der Waals surface area contributed by atoms with Gasteiger partial charge >= 0.3 is 0 Å². The molecule has 158 valence electrons. The summed E-state index contributed by atoms with van der Waals surface area (Å²) in [7, 11) is 3.34. The summed E-state index contributed by atoms with van der Waals surface area (Å²) in [6.45, 7) is 9.16. The molecule has 1 heterocycles. The molecule has 0 aromatic heterocycles. The second-order valence-electron chi connectivity index (χ2n) is 8.80. The average molecular weight is 398 g/mol. The third-order valence-electron chi connectivity index (χ3n) is 6.06. The first-order chi connectivity index (χ1) is 13.9. The van der Waals surface area contributed by atoms with Crippen molar-refractivity contribution < 1.29 is 14.2 Å². The Kier molecular flexibility index (Phi) is 6.86. The quantitative estimate of drug-likeness (QED) is 0.635. The predicted octanol–water partition coefficient (Wildman–Crippen LogP) is 5.02. The van der Waals surface area contributed by atoms with Crippen LogP contribution < -0.4 is 14.8 Å². The van der Waals surface area contributed by atoms with Gasteiger partial charge in [0.1, 0.15) is 0 Å². The van der Waals surface area contributed by atoms with Gasteiger partial charge in [-0.2, -0.15) is 0 Å². The van der Waals surface area contributed by atoms with Gasteiger partial charge in [0, 0.05) is 18.6 Å². The van der Waals surface area contributed by atoms with Crippen LogP contribution in [0.3, 0.4) is 0 Å². The van der Waals surface area contributed by atoms with E-state index in [-0.39, 0.29) is 11.0 Å². The standard InChI is InChI=1S/C25H35NO3/c1-19-6-9-21(10-7-19)25(13-15-29-24(2,3)18-25)12-14-26-17-20-8-11-22(27-4)23(16-20)28-5/h6-11,16,26H,12-15,17-18H2,1-5H3/t25-/m1/s1. The van der Waals surface area contributed by atoms with Gasteiger partial charge in [-0.3, -0.25) is 0 Å². The smallest absolute Gasteiger partial charge is 0.161 e. The lowest BCUT2D eigenvalue weighted by Crippen LogP contribution is -2.45. The van der Waals surface area contributed by atoms with Crippen molar-refractivity contribution in [2.45, 2.75) is 57.6 Å². The highest BCUT2D eigenvalue weighted by molar-refractivity contribution is 5.42. The van der Waals surface area contributed by atoms with Crippen molar-refractivity contribution >= 4 is 0 Å². The van der Waals surface area contributed by atoms with Crippen molar-refractivity contribution in [2.24, 2.45) is 0 Å². The molecule has 1 atom stereocenters. The van der Waals surface area contributed by atoms with E-state index in [1.807, 2.05) is 12.1 Å². The van der Waals surface area contributed by atoms with E-state index in [9.17, 15) is 0 Å². The van der Waals surface area contributed by atoms with Crippen LogP contribution in [0.2, 0.25) is 0 Å². The molecule has 0 unspecified atom stereocenters. The highest BCUT2D eigenvalue weighted by Crippen LogP contribution is 2.44. The maximum absolute atomic E-state index is 6.04. The van der Waals surface area contributed by atoms with Crippen molar-refractivity contribution in [1.29, 1.82) is 0 Å². The second-order valence-corrected chi connectivity index (χ2v) is 8.80. The number of benzene rings is 2. The average Bonchev–Trinajstić information content (AvgIpc) is 2.70. The monoisotopic (exact) mass is 397 g/mol. The number of aryl methyl sites for hydroxylation is 1. The molecule has 1 saturated heterocycles. The molecule has 4 nitrogen and oxygen atoms in total. The van der Waals surface area contributed by atoms with Gasteiger partial charge in [0.15, 0.2) is 11.5 Å². The molecule has 0 aliphatic carbocycles. The molecule has 29 heavy (non-hydrogen) atoms. The van der Waals surface area contributed by atoms with Gasteiger partial charge in [0.2, 0.25) is 0 Å². The Balaban J connectivity index is 1.67. The number of hydrogen-bond acceptors (Lipinski definition) is 4. The normalized spacial score (nSPS) is 21.0. The van der Waals surface area contributed by atoms with E-state index in [0.717, 1.165) is 50.5 Å². The SMILES string of the molecule is COc1ccc(CNCC[C@@]2(c3ccc(C)cc3)CCOC(C)(C)C2)cc1OC. The number of ether oxygens (including phenoxy) is 3. The summed E-state index contributed by atoms with van der Waals surface area (Å²) in [5.41, 5.74) is 4.00. The minimum Gasteiger partial charge on any atom is -0.493 e. The molecule has 1 aliphatic rings. The Morgan fingerprint density at radius 2 is 1.72 bits per heavy atom. The van der Waals surface area contributed by atoms with Crippen LogP contribution in [0.25, 0.3) is 0 Å². The van der Waals surface area contributed by atoms with Gasteiger partial charge in [-0.05, 0) is 69.8 Å². The first-order valence-electron chi connectivity index (χ1n) is 10.5. The third-order valence-corrected chi connectivity index (χ3v) is 6.06. The molecule has 2 aromatic rings. The molecule has 0 radical (unpaired) electrons. The van der Waals surface area contributed by atoms with E-state index in [2.05, 4.69) is 56.4 Å². The maximum atomic E-state index is 6.04. The Morgan fingerprint density at radius 1 is 1.00 bits per heavy atom. The van der Waals surface area contributed by atoms with Crippen LogP contribution in [0, 0.1) is 6.92 Å². The fraction of sp³-hybridized carbons (Fsp3) is 0.520. The fourth-order valence-corrected chi connectivity index (χ4v) is 4.54. The van der Waals surface area contributed by atoms with Gasteiger partial charge in [-0.25, -0.2) is 0 Å². The van der Waals surface area contributed by atoms with Crippen molar-refractivity contribution in [2.75, 3.05) is 27.4 Å². The summed E-state index contributed by atoms with van der Waals surface area (Å²) in [5, 5.41) is 3.63. The van der Waals surface area contributed by atoms with E-state index in [0.29, 0.717) is 0 Å². The van der Waals surface area contributed by atoms with Crippen molar-refractivity contribution in [3.63, 3.8) is 0 Å². The largest absolute Gasteiger partial charge is 0.493 e. The lowest BCUT2D eigenvalue weighted by molar-refractivity contribution is -0.0840. The number of hydrogen-bond donors (Lipinski definition) is 1. The van der Waals surface area contributed by atoms with E-state index < -0.39 is 0 Å². The van der Waals surface area contributed by atoms with Crippen molar-refractivity contribution in [3.8, 4) is 11.5 Å². The van der Waals surface area contributed by atoms with Crippen molar-refractivity contribution in [3.05, 3.63) is 59.2 Å².